The predicted molar refractivity (Wildman–Crippen MR) is 81.7 cm³/mol. The Bertz CT molecular complexity index is 553. The van der Waals surface area contributed by atoms with Crippen LogP contribution in [0.4, 0.5) is 26.3 Å². The highest BCUT2D eigenvalue weighted by molar-refractivity contribution is 14.1. The summed E-state index contributed by atoms with van der Waals surface area (Å²) < 4.78 is 83.0. The zero-order chi connectivity index (χ0) is 19.7. The number of nitrogens with one attached hydrogen (secondary N) is 2. The standard InChI is InChI=1S/C13H17F6IN2O3/c1-4-9(5-2,11(24,12(14,15)16)13(17,18)19)25-7(23)8(3,20)10-6(21-10)22-10/h6,21-22,24H,4-5H2,1-3H3. The Labute approximate surface area is 153 Å². The first-order chi connectivity index (χ1) is 11.1. The molecule has 0 aromatic carbocycles. The van der Waals surface area contributed by atoms with E-state index in [9.17, 15) is 36.2 Å². The molecule has 2 aliphatic rings. The van der Waals surface area contributed by atoms with Crippen molar-refractivity contribution >= 4 is 28.6 Å². The maximum absolute atomic E-state index is 13.3. The summed E-state index contributed by atoms with van der Waals surface area (Å²) in [5, 5.41) is 15.4. The molecule has 3 N–H and O–H groups in total. The van der Waals surface area contributed by atoms with Crippen LogP contribution >= 0.6 is 22.6 Å². The van der Waals surface area contributed by atoms with E-state index in [1.165, 1.54) is 6.92 Å². The topological polar surface area (TPSA) is 90.4 Å². The van der Waals surface area contributed by atoms with Crippen molar-refractivity contribution in [1.29, 1.82) is 0 Å². The number of carbonyl (C=O) groups excluding carboxylic acids is 1. The number of esters is 1. The Hall–Kier alpha value is -0.340. The number of hydrogen-bond acceptors (Lipinski definition) is 5. The Morgan fingerprint density at radius 3 is 1.72 bits per heavy atom. The van der Waals surface area contributed by atoms with Gasteiger partial charge >= 0.3 is 18.3 Å². The van der Waals surface area contributed by atoms with Gasteiger partial charge in [0.25, 0.3) is 5.60 Å². The average molecular weight is 490 g/mol. The fraction of sp³-hybridized carbons (Fsp3) is 0.923. The second-order valence-corrected chi connectivity index (χ2v) is 8.49. The maximum Gasteiger partial charge on any atom is 0.430 e. The lowest BCUT2D eigenvalue weighted by Gasteiger charge is -2.47. The second kappa shape index (κ2) is 5.58. The van der Waals surface area contributed by atoms with Crippen molar-refractivity contribution in [3.05, 3.63) is 0 Å². The van der Waals surface area contributed by atoms with Gasteiger partial charge in [0.2, 0.25) is 0 Å². The van der Waals surface area contributed by atoms with Gasteiger partial charge in [0.1, 0.15) is 5.66 Å². The molecular formula is C13H17F6IN2O3. The summed E-state index contributed by atoms with van der Waals surface area (Å²) in [6.45, 7) is 3.32. The van der Waals surface area contributed by atoms with E-state index in [4.69, 9.17) is 4.74 Å². The molecule has 0 spiro atoms. The summed E-state index contributed by atoms with van der Waals surface area (Å²) >= 11 is 1.61. The van der Waals surface area contributed by atoms with E-state index in [0.29, 0.717) is 0 Å². The van der Waals surface area contributed by atoms with Crippen molar-refractivity contribution in [3.8, 4) is 0 Å². The Kier molecular flexibility index (Phi) is 4.68. The van der Waals surface area contributed by atoms with Crippen molar-refractivity contribution in [1.82, 2.24) is 10.6 Å². The second-order valence-electron chi connectivity index (χ2n) is 6.33. The molecule has 0 aromatic rings. The highest BCUT2D eigenvalue weighted by Gasteiger charge is 2.83. The molecule has 1 unspecified atom stereocenters. The first-order valence-corrected chi connectivity index (χ1v) is 8.47. The van der Waals surface area contributed by atoms with Crippen LogP contribution in [-0.2, 0) is 9.53 Å². The molecule has 0 saturated carbocycles. The zero-order valence-electron chi connectivity index (χ0n) is 13.4. The normalized spacial score (nSPS) is 28.8. The van der Waals surface area contributed by atoms with E-state index < -0.39 is 51.5 Å². The van der Waals surface area contributed by atoms with Gasteiger partial charge in [0, 0.05) is 0 Å². The maximum atomic E-state index is 13.3. The van der Waals surface area contributed by atoms with Crippen LogP contribution in [0.1, 0.15) is 33.6 Å². The van der Waals surface area contributed by atoms with E-state index in [1.807, 2.05) is 0 Å². The predicted octanol–water partition coefficient (Wildman–Crippen LogP) is 2.37. The number of fused-ring (bicyclic) bond motifs is 1. The number of aliphatic hydroxyl groups is 1. The van der Waals surface area contributed by atoms with Gasteiger partial charge in [0.05, 0.1) is 6.17 Å². The van der Waals surface area contributed by atoms with Crippen LogP contribution in [0.25, 0.3) is 0 Å². The average Bonchev–Trinajstić information content (AvgIpc) is 3.30. The molecule has 0 aliphatic carbocycles. The number of carbonyl (C=O) groups is 1. The minimum atomic E-state index is -6.09. The fourth-order valence-corrected chi connectivity index (χ4v) is 3.74. The molecule has 25 heavy (non-hydrogen) atoms. The van der Waals surface area contributed by atoms with E-state index in [-0.39, 0.29) is 6.17 Å². The first-order valence-electron chi connectivity index (χ1n) is 7.40. The molecule has 0 radical (unpaired) electrons. The lowest BCUT2D eigenvalue weighted by molar-refractivity contribution is -0.413. The molecule has 2 aliphatic heterocycles. The van der Waals surface area contributed by atoms with Crippen molar-refractivity contribution in [2.24, 2.45) is 0 Å². The Morgan fingerprint density at radius 2 is 1.48 bits per heavy atom. The van der Waals surface area contributed by atoms with Gasteiger partial charge in [-0.3, -0.25) is 15.4 Å². The van der Waals surface area contributed by atoms with Gasteiger partial charge in [-0.2, -0.15) is 26.3 Å². The fourth-order valence-electron chi connectivity index (χ4n) is 3.01. The number of rotatable bonds is 6. The third-order valence-corrected chi connectivity index (χ3v) is 6.34. The van der Waals surface area contributed by atoms with Crippen LogP contribution in [0.2, 0.25) is 0 Å². The van der Waals surface area contributed by atoms with Gasteiger partial charge in [0.15, 0.2) is 9.02 Å². The lowest BCUT2D eigenvalue weighted by Crippen LogP contribution is -2.72. The number of hydrogen-bond donors (Lipinski definition) is 3. The monoisotopic (exact) mass is 490 g/mol. The minimum Gasteiger partial charge on any atom is -0.454 e. The van der Waals surface area contributed by atoms with Crippen molar-refractivity contribution in [2.75, 3.05) is 0 Å². The molecule has 146 valence electrons. The molecule has 0 amide bonds. The summed E-state index contributed by atoms with van der Waals surface area (Å²) in [6, 6.07) is 0. The van der Waals surface area contributed by atoms with E-state index in [0.717, 1.165) is 13.8 Å². The van der Waals surface area contributed by atoms with E-state index >= 15 is 0 Å². The Morgan fingerprint density at radius 1 is 1.12 bits per heavy atom. The molecule has 2 heterocycles. The molecule has 5 nitrogen and oxygen atoms in total. The van der Waals surface area contributed by atoms with Gasteiger partial charge in [-0.15, -0.1) is 0 Å². The first kappa shape index (κ1) is 21.0. The molecule has 0 aromatic heterocycles. The number of ether oxygens (including phenoxy) is 1. The van der Waals surface area contributed by atoms with Crippen molar-refractivity contribution in [3.63, 3.8) is 0 Å². The lowest BCUT2D eigenvalue weighted by atomic mass is 9.76. The third-order valence-electron chi connectivity index (χ3n) is 5.04. The van der Waals surface area contributed by atoms with Crippen LogP contribution in [0.5, 0.6) is 0 Å². The summed E-state index contributed by atoms with van der Waals surface area (Å²) in [4.78, 5) is 12.5. The highest BCUT2D eigenvalue weighted by Crippen LogP contribution is 2.56. The van der Waals surface area contributed by atoms with Crippen LogP contribution in [0, 0.1) is 0 Å². The molecular weight excluding hydrogens is 473 g/mol. The third kappa shape index (κ3) is 2.65. The van der Waals surface area contributed by atoms with Crippen LogP contribution in [0.3, 0.4) is 0 Å². The summed E-state index contributed by atoms with van der Waals surface area (Å²) in [6.07, 6.45) is -14.2. The summed E-state index contributed by atoms with van der Waals surface area (Å²) in [5.41, 5.74) is -9.29. The zero-order valence-corrected chi connectivity index (χ0v) is 15.6. The van der Waals surface area contributed by atoms with Gasteiger partial charge < -0.3 is 9.84 Å². The summed E-state index contributed by atoms with van der Waals surface area (Å²) in [7, 11) is 0. The van der Waals surface area contributed by atoms with Crippen LogP contribution in [0.15, 0.2) is 0 Å². The quantitative estimate of drug-likeness (QED) is 0.175. The van der Waals surface area contributed by atoms with Gasteiger partial charge in [-0.25, -0.2) is 0 Å². The van der Waals surface area contributed by atoms with Gasteiger partial charge in [-0.05, 0) is 19.8 Å². The van der Waals surface area contributed by atoms with Crippen molar-refractivity contribution < 1.29 is 41.0 Å². The SMILES string of the molecule is CCC(CC)(OC(=O)C(C)(I)C12NC1N2)C(O)(C(F)(F)F)C(F)(F)F. The number of alkyl halides is 7. The smallest absolute Gasteiger partial charge is 0.430 e. The molecule has 0 bridgehead atoms. The van der Waals surface area contributed by atoms with E-state index in [1.54, 1.807) is 22.6 Å². The summed E-state index contributed by atoms with van der Waals surface area (Å²) in [5.74, 6) is -1.27. The van der Waals surface area contributed by atoms with Gasteiger partial charge in [-0.1, -0.05) is 36.4 Å². The Balaban J connectivity index is 2.44. The highest BCUT2D eigenvalue weighted by atomic mass is 127. The van der Waals surface area contributed by atoms with E-state index in [2.05, 4.69) is 10.6 Å². The minimum absolute atomic E-state index is 0.233. The molecule has 12 heteroatoms. The van der Waals surface area contributed by atoms with Crippen molar-refractivity contribution in [2.45, 2.75) is 72.4 Å². The largest absolute Gasteiger partial charge is 0.454 e. The molecule has 2 fully saturated rings. The number of halogens is 7. The van der Waals surface area contributed by atoms with Crippen LogP contribution < -0.4 is 10.6 Å². The molecule has 2 rings (SSSR count). The molecule has 2 saturated heterocycles. The van der Waals surface area contributed by atoms with Crippen LogP contribution in [-0.4, -0.2) is 49.9 Å². The molecule has 1 atom stereocenters.